The van der Waals surface area contributed by atoms with E-state index in [1.807, 2.05) is 30.5 Å². The lowest BCUT2D eigenvalue weighted by Crippen LogP contribution is -2.29. The van der Waals surface area contributed by atoms with Crippen molar-refractivity contribution in [3.63, 3.8) is 0 Å². The maximum absolute atomic E-state index is 12.5. The Hall–Kier alpha value is -3.40. The van der Waals surface area contributed by atoms with Gasteiger partial charge in [0.2, 0.25) is 0 Å². The largest absolute Gasteiger partial charge is 0.356 e. The Kier molecular flexibility index (Phi) is 5.90. The maximum atomic E-state index is 12.5. The number of rotatable bonds is 3. The molecule has 1 N–H and O–H groups in total. The number of hydrogen-bond acceptors (Lipinski definition) is 5. The van der Waals surface area contributed by atoms with Gasteiger partial charge in [-0.1, -0.05) is 23.7 Å². The Labute approximate surface area is 185 Å². The van der Waals surface area contributed by atoms with E-state index in [4.69, 9.17) is 21.3 Å². The lowest BCUT2D eigenvalue weighted by atomic mass is 9.96. The lowest BCUT2D eigenvalue weighted by Gasteiger charge is -2.27. The van der Waals surface area contributed by atoms with E-state index in [-0.39, 0.29) is 11.5 Å². The van der Waals surface area contributed by atoms with Crippen LogP contribution in [0.25, 0.3) is 27.9 Å². The number of aromatic nitrogens is 2. The summed E-state index contributed by atoms with van der Waals surface area (Å²) in [7, 11) is 0. The fourth-order valence-electron chi connectivity index (χ4n) is 3.43. The van der Waals surface area contributed by atoms with Crippen molar-refractivity contribution in [3.05, 3.63) is 81.3 Å². The molecule has 1 aliphatic rings. The van der Waals surface area contributed by atoms with E-state index in [1.54, 1.807) is 18.3 Å². The molecule has 0 aliphatic carbocycles. The molecule has 4 rings (SSSR count). The monoisotopic (exact) mass is 432 g/mol. The van der Waals surface area contributed by atoms with Crippen molar-refractivity contribution in [2.24, 2.45) is 0 Å². The zero-order valence-corrected chi connectivity index (χ0v) is 18.0. The number of aromatic amines is 1. The van der Waals surface area contributed by atoms with Crippen molar-refractivity contribution in [1.29, 1.82) is 5.26 Å². The number of H-pyrrole nitrogens is 1. The first-order valence-corrected chi connectivity index (χ1v) is 10.3. The van der Waals surface area contributed by atoms with E-state index in [9.17, 15) is 10.1 Å². The number of nitrogens with one attached hydrogen (secondary N) is 1. The molecule has 7 heteroatoms. The van der Waals surface area contributed by atoms with Crippen molar-refractivity contribution in [3.8, 4) is 17.3 Å². The molecule has 3 heterocycles. The highest BCUT2D eigenvalue weighted by Crippen LogP contribution is 2.32. The van der Waals surface area contributed by atoms with Crippen LogP contribution in [0.5, 0.6) is 0 Å². The predicted molar refractivity (Wildman–Crippen MR) is 122 cm³/mol. The number of halogens is 1. The molecular weight excluding hydrogens is 412 g/mol. The minimum atomic E-state index is -0.120. The standard InChI is InChI=1S/C24H21ClN4O2/c1-15(2)29-12-18(9-19(25)13-31-14-29)20-10-21-22(30)6-7-27-24(21)28-23(20)17-5-3-4-16(8-17)11-26/h3-10,12,15H,13-14H2,1-2H3,(H,27,28,30)/b18-12+,19-9+. The summed E-state index contributed by atoms with van der Waals surface area (Å²) in [4.78, 5) is 22.4. The summed E-state index contributed by atoms with van der Waals surface area (Å²) in [6.45, 7) is 4.84. The molecule has 0 spiro atoms. The second kappa shape index (κ2) is 8.76. The van der Waals surface area contributed by atoms with Crippen LogP contribution in [0.4, 0.5) is 0 Å². The van der Waals surface area contributed by atoms with Crippen LogP contribution in [0.2, 0.25) is 0 Å². The number of pyridine rings is 2. The number of nitrogens with zero attached hydrogens (tertiary/aromatic N) is 3. The van der Waals surface area contributed by atoms with Crippen LogP contribution in [0.1, 0.15) is 25.0 Å². The molecule has 1 aromatic carbocycles. The molecule has 0 amide bonds. The Morgan fingerprint density at radius 2 is 2.13 bits per heavy atom. The highest BCUT2D eigenvalue weighted by atomic mass is 35.5. The molecule has 0 atom stereocenters. The molecule has 0 saturated heterocycles. The molecule has 0 unspecified atom stereocenters. The van der Waals surface area contributed by atoms with Crippen LogP contribution >= 0.6 is 11.6 Å². The summed E-state index contributed by atoms with van der Waals surface area (Å²) >= 11 is 6.41. The van der Waals surface area contributed by atoms with Crippen LogP contribution in [0, 0.1) is 11.3 Å². The van der Waals surface area contributed by atoms with Crippen molar-refractivity contribution < 1.29 is 4.74 Å². The van der Waals surface area contributed by atoms with Crippen LogP contribution in [-0.2, 0) is 4.74 Å². The van der Waals surface area contributed by atoms with E-state index in [2.05, 4.69) is 29.8 Å². The third-order valence-electron chi connectivity index (χ3n) is 5.08. The lowest BCUT2D eigenvalue weighted by molar-refractivity contribution is 0.0548. The number of allylic oxidation sites excluding steroid dienone is 2. The molecule has 1 aliphatic heterocycles. The number of ether oxygens (including phenoxy) is 1. The summed E-state index contributed by atoms with van der Waals surface area (Å²) < 4.78 is 5.65. The Morgan fingerprint density at radius 3 is 2.90 bits per heavy atom. The molecule has 0 saturated carbocycles. The molecule has 0 radical (unpaired) electrons. The highest BCUT2D eigenvalue weighted by molar-refractivity contribution is 6.30. The summed E-state index contributed by atoms with van der Waals surface area (Å²) in [5.41, 5.74) is 3.90. The highest BCUT2D eigenvalue weighted by Gasteiger charge is 2.18. The van der Waals surface area contributed by atoms with Gasteiger partial charge in [0, 0.05) is 46.2 Å². The fraction of sp³-hybridized carbons (Fsp3) is 0.208. The second-order valence-corrected chi connectivity index (χ2v) is 8.06. The summed E-state index contributed by atoms with van der Waals surface area (Å²) in [5.74, 6) is 0. The van der Waals surface area contributed by atoms with Crippen molar-refractivity contribution >= 4 is 28.2 Å². The van der Waals surface area contributed by atoms with Gasteiger partial charge in [0.1, 0.15) is 12.4 Å². The van der Waals surface area contributed by atoms with Gasteiger partial charge in [0.15, 0.2) is 5.43 Å². The molecule has 6 nitrogen and oxygen atoms in total. The number of nitriles is 1. The Morgan fingerprint density at radius 1 is 1.29 bits per heavy atom. The van der Waals surface area contributed by atoms with Gasteiger partial charge in [-0.3, -0.25) is 4.79 Å². The smallest absolute Gasteiger partial charge is 0.191 e. The van der Waals surface area contributed by atoms with Gasteiger partial charge < -0.3 is 14.6 Å². The van der Waals surface area contributed by atoms with E-state index in [0.29, 0.717) is 40.7 Å². The van der Waals surface area contributed by atoms with Gasteiger partial charge in [-0.05, 0) is 38.1 Å². The summed E-state index contributed by atoms with van der Waals surface area (Å²) in [5, 5.41) is 10.4. The third-order valence-corrected chi connectivity index (χ3v) is 5.30. The van der Waals surface area contributed by atoms with Gasteiger partial charge in [-0.2, -0.15) is 5.26 Å². The van der Waals surface area contributed by atoms with Crippen LogP contribution < -0.4 is 5.43 Å². The molecule has 0 fully saturated rings. The van der Waals surface area contributed by atoms with Gasteiger partial charge >= 0.3 is 0 Å². The van der Waals surface area contributed by atoms with E-state index < -0.39 is 0 Å². The first-order valence-electron chi connectivity index (χ1n) is 9.91. The Balaban J connectivity index is 2.03. The average molecular weight is 433 g/mol. The first kappa shape index (κ1) is 20.9. The van der Waals surface area contributed by atoms with Crippen molar-refractivity contribution in [2.75, 3.05) is 13.3 Å². The molecular formula is C24H21ClN4O2. The zero-order valence-electron chi connectivity index (χ0n) is 17.2. The van der Waals surface area contributed by atoms with Crippen LogP contribution in [-0.4, -0.2) is 34.2 Å². The molecule has 3 aromatic rings. The van der Waals surface area contributed by atoms with E-state index in [1.165, 1.54) is 6.07 Å². The average Bonchev–Trinajstić information content (AvgIpc) is 2.75. The van der Waals surface area contributed by atoms with Crippen LogP contribution in [0.3, 0.4) is 0 Å². The van der Waals surface area contributed by atoms with Gasteiger partial charge in [0.25, 0.3) is 0 Å². The fourth-order valence-corrected chi connectivity index (χ4v) is 3.63. The normalized spacial score (nSPS) is 18.0. The minimum absolute atomic E-state index is 0.120. The van der Waals surface area contributed by atoms with Gasteiger partial charge in [-0.25, -0.2) is 4.98 Å². The van der Waals surface area contributed by atoms with E-state index in [0.717, 1.165) is 16.7 Å². The molecule has 0 bridgehead atoms. The number of hydrogen-bond donors (Lipinski definition) is 1. The summed E-state index contributed by atoms with van der Waals surface area (Å²) in [6, 6.07) is 12.9. The molecule has 156 valence electrons. The van der Waals surface area contributed by atoms with Crippen LogP contribution in [0.15, 0.2) is 64.7 Å². The SMILES string of the molecule is CC(C)N1/C=C(c2cc3c(=O)cc[nH]c3nc2-c2cccc(C#N)c2)\C=C(\Cl)COC1. The van der Waals surface area contributed by atoms with Gasteiger partial charge in [0.05, 0.1) is 29.3 Å². The molecule has 31 heavy (non-hydrogen) atoms. The molecule has 2 aromatic heterocycles. The van der Waals surface area contributed by atoms with Crippen molar-refractivity contribution in [1.82, 2.24) is 14.9 Å². The zero-order chi connectivity index (χ0) is 22.0. The quantitative estimate of drug-likeness (QED) is 0.652. The topological polar surface area (TPSA) is 82.0 Å². The second-order valence-electron chi connectivity index (χ2n) is 7.58. The minimum Gasteiger partial charge on any atom is -0.356 e. The van der Waals surface area contributed by atoms with E-state index >= 15 is 0 Å². The van der Waals surface area contributed by atoms with Crippen molar-refractivity contribution in [2.45, 2.75) is 19.9 Å². The first-order chi connectivity index (χ1) is 15.0. The van der Waals surface area contributed by atoms with Gasteiger partial charge in [-0.15, -0.1) is 0 Å². The number of benzene rings is 1. The Bertz CT molecular complexity index is 1300. The number of fused-ring (bicyclic) bond motifs is 1. The third kappa shape index (κ3) is 4.38. The predicted octanol–water partition coefficient (Wildman–Crippen LogP) is 4.62. The summed E-state index contributed by atoms with van der Waals surface area (Å²) in [6.07, 6.45) is 5.40. The maximum Gasteiger partial charge on any atom is 0.191 e.